The summed E-state index contributed by atoms with van der Waals surface area (Å²) >= 11 is 0. The van der Waals surface area contributed by atoms with Crippen LogP contribution in [0.15, 0.2) is 30.3 Å². The summed E-state index contributed by atoms with van der Waals surface area (Å²) in [5.41, 5.74) is 1.04. The second-order valence-electron chi connectivity index (χ2n) is 5.39. The van der Waals surface area contributed by atoms with Crippen molar-refractivity contribution in [2.75, 3.05) is 5.32 Å². The predicted octanol–water partition coefficient (Wildman–Crippen LogP) is 3.70. The number of para-hydroxylation sites is 1. The normalized spacial score (nSPS) is 13.2. The largest absolute Gasteiger partial charge is 0.326 e. The summed E-state index contributed by atoms with van der Waals surface area (Å²) in [7, 11) is 0. The van der Waals surface area contributed by atoms with Gasteiger partial charge >= 0.3 is 0 Å². The Balaban J connectivity index is 2.49. The zero-order valence-electron chi connectivity index (χ0n) is 10.6. The van der Waals surface area contributed by atoms with E-state index in [4.69, 9.17) is 0 Å². The highest BCUT2D eigenvalue weighted by molar-refractivity contribution is 5.90. The Morgan fingerprint density at radius 3 is 2.31 bits per heavy atom. The van der Waals surface area contributed by atoms with Crippen LogP contribution in [0.5, 0.6) is 0 Å². The van der Waals surface area contributed by atoms with Crippen LogP contribution in [-0.2, 0) is 4.79 Å². The summed E-state index contributed by atoms with van der Waals surface area (Å²) in [5, 5.41) is 2.91. The molecule has 1 aromatic carbocycles. The fraction of sp³-hybridized carbons (Fsp3) is 0.500. The first kappa shape index (κ1) is 12.8. The highest BCUT2D eigenvalue weighted by Crippen LogP contribution is 2.28. The Bertz CT molecular complexity index is 338. The molecular weight excluding hydrogens is 198 g/mol. The molecule has 0 radical (unpaired) electrons. The summed E-state index contributed by atoms with van der Waals surface area (Å²) in [6.07, 6.45) is 0.568. The van der Waals surface area contributed by atoms with Crippen molar-refractivity contribution in [1.82, 2.24) is 0 Å². The smallest absolute Gasteiger partial charge is 0.224 e. The fourth-order valence-corrected chi connectivity index (χ4v) is 1.32. The Labute approximate surface area is 98.1 Å². The first-order valence-corrected chi connectivity index (χ1v) is 5.74. The number of benzene rings is 1. The van der Waals surface area contributed by atoms with E-state index >= 15 is 0 Å². The van der Waals surface area contributed by atoms with Gasteiger partial charge in [0.05, 0.1) is 0 Å². The molecule has 1 rings (SSSR count). The van der Waals surface area contributed by atoms with Crippen LogP contribution in [0, 0.1) is 11.3 Å². The van der Waals surface area contributed by atoms with Crippen molar-refractivity contribution >= 4 is 11.6 Å². The van der Waals surface area contributed by atoms with E-state index in [-0.39, 0.29) is 11.3 Å². The minimum absolute atomic E-state index is 0.0913. The van der Waals surface area contributed by atoms with Gasteiger partial charge in [0.1, 0.15) is 0 Å². The number of anilines is 1. The monoisotopic (exact) mass is 219 g/mol. The lowest BCUT2D eigenvalue weighted by atomic mass is 9.80. The molecule has 2 nitrogen and oxygen atoms in total. The summed E-state index contributed by atoms with van der Waals surface area (Å²) in [6.45, 7) is 8.60. The van der Waals surface area contributed by atoms with Gasteiger partial charge in [-0.15, -0.1) is 0 Å². The third-order valence-electron chi connectivity index (χ3n) is 3.03. The molecule has 1 N–H and O–H groups in total. The van der Waals surface area contributed by atoms with Crippen molar-refractivity contribution < 1.29 is 4.79 Å². The molecule has 0 aliphatic heterocycles. The molecule has 0 heterocycles. The molecule has 0 fully saturated rings. The first-order chi connectivity index (χ1) is 7.39. The van der Waals surface area contributed by atoms with Crippen LogP contribution in [0.2, 0.25) is 0 Å². The average Bonchev–Trinajstić information content (AvgIpc) is 2.17. The fourth-order valence-electron chi connectivity index (χ4n) is 1.32. The zero-order chi connectivity index (χ0) is 12.2. The lowest BCUT2D eigenvalue weighted by molar-refractivity contribution is -0.117. The maximum absolute atomic E-state index is 11.8. The minimum Gasteiger partial charge on any atom is -0.326 e. The van der Waals surface area contributed by atoms with E-state index in [0.717, 1.165) is 5.69 Å². The van der Waals surface area contributed by atoms with Crippen LogP contribution in [0.25, 0.3) is 0 Å². The van der Waals surface area contributed by atoms with E-state index in [0.29, 0.717) is 12.3 Å². The molecule has 1 aromatic rings. The second kappa shape index (κ2) is 5.15. The van der Waals surface area contributed by atoms with E-state index in [9.17, 15) is 4.79 Å². The lowest BCUT2D eigenvalue weighted by Crippen LogP contribution is -2.23. The van der Waals surface area contributed by atoms with Crippen LogP contribution < -0.4 is 5.32 Å². The Morgan fingerprint density at radius 1 is 1.25 bits per heavy atom. The van der Waals surface area contributed by atoms with E-state index in [1.54, 1.807) is 0 Å². The number of hydrogen-bond donors (Lipinski definition) is 1. The van der Waals surface area contributed by atoms with Crippen LogP contribution >= 0.6 is 0 Å². The molecule has 2 heteroatoms. The van der Waals surface area contributed by atoms with Gasteiger partial charge in [0.25, 0.3) is 0 Å². The number of amides is 1. The third kappa shape index (κ3) is 4.05. The lowest BCUT2D eigenvalue weighted by Gasteiger charge is -2.26. The molecule has 0 aliphatic rings. The Morgan fingerprint density at radius 2 is 1.81 bits per heavy atom. The summed E-state index contributed by atoms with van der Waals surface area (Å²) in [6, 6.07) is 9.58. The van der Waals surface area contributed by atoms with Crippen molar-refractivity contribution in [3.63, 3.8) is 0 Å². The molecule has 1 amide bonds. The van der Waals surface area contributed by atoms with Gasteiger partial charge in [-0.2, -0.15) is 0 Å². The molecular formula is C14H21NO. The maximum Gasteiger partial charge on any atom is 0.224 e. The van der Waals surface area contributed by atoms with Gasteiger partial charge in [-0.25, -0.2) is 0 Å². The van der Waals surface area contributed by atoms with Crippen molar-refractivity contribution in [3.05, 3.63) is 30.3 Å². The van der Waals surface area contributed by atoms with Crippen LogP contribution in [-0.4, -0.2) is 5.91 Å². The number of carbonyl (C=O) groups is 1. The summed E-state index contributed by atoms with van der Waals surface area (Å²) in [5.74, 6) is 0.463. The van der Waals surface area contributed by atoms with Crippen molar-refractivity contribution in [2.24, 2.45) is 11.3 Å². The van der Waals surface area contributed by atoms with Gasteiger partial charge in [-0.3, -0.25) is 4.79 Å². The maximum atomic E-state index is 11.8. The predicted molar refractivity (Wildman–Crippen MR) is 68.3 cm³/mol. The quantitative estimate of drug-likeness (QED) is 0.825. The molecule has 88 valence electrons. The molecule has 0 bridgehead atoms. The number of nitrogens with one attached hydrogen (secondary N) is 1. The summed E-state index contributed by atoms with van der Waals surface area (Å²) in [4.78, 5) is 11.8. The van der Waals surface area contributed by atoms with E-state index in [1.165, 1.54) is 0 Å². The zero-order valence-corrected chi connectivity index (χ0v) is 10.6. The summed E-state index contributed by atoms with van der Waals surface area (Å²) < 4.78 is 0. The van der Waals surface area contributed by atoms with Crippen molar-refractivity contribution in [1.29, 1.82) is 0 Å². The Kier molecular flexibility index (Phi) is 4.11. The van der Waals surface area contributed by atoms with Gasteiger partial charge in [-0.1, -0.05) is 45.9 Å². The van der Waals surface area contributed by atoms with Gasteiger partial charge in [0.15, 0.2) is 0 Å². The Hall–Kier alpha value is -1.31. The van der Waals surface area contributed by atoms with Crippen LogP contribution in [0.1, 0.15) is 34.1 Å². The average molecular weight is 219 g/mol. The molecule has 0 saturated heterocycles. The number of rotatable bonds is 3. The molecule has 0 aromatic heterocycles. The van der Waals surface area contributed by atoms with Gasteiger partial charge < -0.3 is 5.32 Å². The van der Waals surface area contributed by atoms with E-state index in [1.807, 2.05) is 30.3 Å². The van der Waals surface area contributed by atoms with E-state index in [2.05, 4.69) is 33.0 Å². The highest BCUT2D eigenvalue weighted by Gasteiger charge is 2.22. The minimum atomic E-state index is 0.0913. The molecule has 0 aliphatic carbocycles. The van der Waals surface area contributed by atoms with Crippen molar-refractivity contribution in [3.8, 4) is 0 Å². The topological polar surface area (TPSA) is 29.1 Å². The van der Waals surface area contributed by atoms with Crippen LogP contribution in [0.4, 0.5) is 5.69 Å². The number of carbonyl (C=O) groups excluding carboxylic acids is 1. The van der Waals surface area contributed by atoms with E-state index < -0.39 is 0 Å². The second-order valence-corrected chi connectivity index (χ2v) is 5.39. The molecule has 16 heavy (non-hydrogen) atoms. The van der Waals surface area contributed by atoms with Crippen molar-refractivity contribution in [2.45, 2.75) is 34.1 Å². The van der Waals surface area contributed by atoms with Gasteiger partial charge in [-0.05, 0) is 23.5 Å². The standard InChI is InChI=1S/C14H21NO/c1-11(14(2,3)4)10-13(16)15-12-8-6-5-7-9-12/h5-9,11H,10H2,1-4H3,(H,15,16). The molecule has 1 atom stereocenters. The molecule has 0 saturated carbocycles. The van der Waals surface area contributed by atoms with Gasteiger partial charge in [0, 0.05) is 12.1 Å². The molecule has 0 spiro atoms. The SMILES string of the molecule is CC(CC(=O)Nc1ccccc1)C(C)(C)C. The third-order valence-corrected chi connectivity index (χ3v) is 3.03. The highest BCUT2D eigenvalue weighted by atomic mass is 16.1. The first-order valence-electron chi connectivity index (χ1n) is 5.74. The number of hydrogen-bond acceptors (Lipinski definition) is 1. The van der Waals surface area contributed by atoms with Gasteiger partial charge in [0.2, 0.25) is 5.91 Å². The van der Waals surface area contributed by atoms with Crippen LogP contribution in [0.3, 0.4) is 0 Å². The molecule has 1 unspecified atom stereocenters.